The van der Waals surface area contributed by atoms with Crippen LogP contribution < -0.4 is 10.6 Å². The number of hydrogen-bond donors (Lipinski definition) is 1. The van der Waals surface area contributed by atoms with E-state index in [1.807, 2.05) is 19.2 Å². The van der Waals surface area contributed by atoms with Crippen molar-refractivity contribution >= 4 is 27.6 Å². The zero-order valence-electron chi connectivity index (χ0n) is 9.06. The lowest BCUT2D eigenvalue weighted by molar-refractivity contribution is 0.314. The number of halogens is 1. The number of ether oxygens (including phenoxy) is 1. The first kappa shape index (κ1) is 11.3. The summed E-state index contributed by atoms with van der Waals surface area (Å²) < 4.78 is 6.19. The summed E-state index contributed by atoms with van der Waals surface area (Å²) in [6.45, 7) is 1.38. The second-order valence-electron chi connectivity index (χ2n) is 3.79. The lowest BCUT2D eigenvalue weighted by Gasteiger charge is -2.20. The van der Waals surface area contributed by atoms with E-state index >= 15 is 0 Å². The molecular weight excluding hydrogens is 270 g/mol. The summed E-state index contributed by atoms with van der Waals surface area (Å²) in [7, 11) is 2.03. The van der Waals surface area contributed by atoms with Crippen LogP contribution in [0.1, 0.15) is 0 Å². The Balaban J connectivity index is 1.97. The van der Waals surface area contributed by atoms with E-state index in [1.54, 1.807) is 0 Å². The Labute approximate surface area is 103 Å². The third-order valence-corrected chi connectivity index (χ3v) is 3.01. The number of nitrogens with two attached hydrogens (primary N) is 1. The summed E-state index contributed by atoms with van der Waals surface area (Å²) in [5.74, 6) is 0. The molecule has 1 atom stereocenters. The van der Waals surface area contributed by atoms with Gasteiger partial charge in [-0.15, -0.1) is 0 Å². The average Bonchev–Trinajstić information content (AvgIpc) is 2.65. The topological polar surface area (TPSA) is 50.9 Å². The fourth-order valence-corrected chi connectivity index (χ4v) is 1.91. The molecule has 0 spiro atoms. The number of benzene rings is 1. The van der Waals surface area contributed by atoms with Crippen molar-refractivity contribution in [3.05, 3.63) is 28.7 Å². The van der Waals surface area contributed by atoms with Gasteiger partial charge in [0.1, 0.15) is 12.6 Å². The molecule has 2 rings (SSSR count). The zero-order valence-corrected chi connectivity index (χ0v) is 10.6. The molecule has 0 saturated carbocycles. The maximum atomic E-state index is 5.46. The standard InChI is InChI=1S/C11H14BrN3O/c1-15(6-9-7-16-11(13)14-9)10-4-2-8(12)3-5-10/h2-5,9H,6-7H2,1H3,(H2,13,14)/t9-/m0/s1. The lowest BCUT2D eigenvalue weighted by Crippen LogP contribution is -2.28. The average molecular weight is 284 g/mol. The van der Waals surface area contributed by atoms with Crippen molar-refractivity contribution in [1.29, 1.82) is 0 Å². The molecule has 16 heavy (non-hydrogen) atoms. The van der Waals surface area contributed by atoms with Gasteiger partial charge in [0.2, 0.25) is 0 Å². The third-order valence-electron chi connectivity index (χ3n) is 2.49. The van der Waals surface area contributed by atoms with E-state index in [2.05, 4.69) is 38.0 Å². The molecule has 1 aromatic carbocycles. The smallest absolute Gasteiger partial charge is 0.282 e. The van der Waals surface area contributed by atoms with Crippen LogP contribution in [0.2, 0.25) is 0 Å². The van der Waals surface area contributed by atoms with Gasteiger partial charge in [0, 0.05) is 23.8 Å². The summed E-state index contributed by atoms with van der Waals surface area (Å²) in [5, 5.41) is 0. The van der Waals surface area contributed by atoms with Crippen molar-refractivity contribution in [2.45, 2.75) is 6.04 Å². The van der Waals surface area contributed by atoms with Crippen LogP contribution in [0, 0.1) is 0 Å². The van der Waals surface area contributed by atoms with Crippen molar-refractivity contribution < 1.29 is 4.74 Å². The predicted octanol–water partition coefficient (Wildman–Crippen LogP) is 1.60. The van der Waals surface area contributed by atoms with Crippen molar-refractivity contribution in [2.24, 2.45) is 10.7 Å². The third kappa shape index (κ3) is 2.66. The lowest BCUT2D eigenvalue weighted by atomic mass is 10.2. The molecule has 0 saturated heterocycles. The molecule has 4 nitrogen and oxygen atoms in total. The van der Waals surface area contributed by atoms with E-state index in [0.717, 1.165) is 16.7 Å². The van der Waals surface area contributed by atoms with Gasteiger partial charge in [-0.2, -0.15) is 0 Å². The molecule has 1 heterocycles. The number of nitrogens with zero attached hydrogens (tertiary/aromatic N) is 2. The monoisotopic (exact) mass is 283 g/mol. The molecule has 0 radical (unpaired) electrons. The zero-order chi connectivity index (χ0) is 11.5. The first-order valence-electron chi connectivity index (χ1n) is 5.08. The van der Waals surface area contributed by atoms with E-state index in [9.17, 15) is 0 Å². The van der Waals surface area contributed by atoms with Crippen LogP contribution in [0.25, 0.3) is 0 Å². The summed E-state index contributed by atoms with van der Waals surface area (Å²) in [6.07, 6.45) is 0. The highest BCUT2D eigenvalue weighted by molar-refractivity contribution is 9.10. The second-order valence-corrected chi connectivity index (χ2v) is 4.70. The van der Waals surface area contributed by atoms with Crippen LogP contribution >= 0.6 is 15.9 Å². The molecule has 86 valence electrons. The Morgan fingerprint density at radius 1 is 1.50 bits per heavy atom. The highest BCUT2D eigenvalue weighted by atomic mass is 79.9. The van der Waals surface area contributed by atoms with Gasteiger partial charge >= 0.3 is 0 Å². The van der Waals surface area contributed by atoms with Crippen LogP contribution in [-0.2, 0) is 4.74 Å². The summed E-state index contributed by atoms with van der Waals surface area (Å²) in [4.78, 5) is 6.33. The molecule has 1 aromatic rings. The van der Waals surface area contributed by atoms with Crippen LogP contribution in [-0.4, -0.2) is 32.3 Å². The van der Waals surface area contributed by atoms with Crippen molar-refractivity contribution in [3.63, 3.8) is 0 Å². The molecule has 0 amide bonds. The normalized spacial score (nSPS) is 19.1. The highest BCUT2D eigenvalue weighted by Gasteiger charge is 2.18. The molecule has 0 aliphatic carbocycles. The van der Waals surface area contributed by atoms with E-state index in [1.165, 1.54) is 0 Å². The van der Waals surface area contributed by atoms with Gasteiger partial charge in [0.25, 0.3) is 6.02 Å². The highest BCUT2D eigenvalue weighted by Crippen LogP contribution is 2.18. The summed E-state index contributed by atoms with van der Waals surface area (Å²) in [5.41, 5.74) is 6.62. The number of anilines is 1. The molecule has 0 aromatic heterocycles. The Bertz CT molecular complexity index is 391. The van der Waals surface area contributed by atoms with Crippen molar-refractivity contribution in [1.82, 2.24) is 0 Å². The maximum Gasteiger partial charge on any atom is 0.282 e. The minimum atomic E-state index is 0.133. The maximum absolute atomic E-state index is 5.46. The Morgan fingerprint density at radius 2 is 2.19 bits per heavy atom. The van der Waals surface area contributed by atoms with E-state index in [4.69, 9.17) is 10.5 Å². The molecule has 1 aliphatic rings. The number of likely N-dealkylation sites (N-methyl/N-ethyl adjacent to an activating group) is 1. The molecule has 0 unspecified atom stereocenters. The molecule has 1 aliphatic heterocycles. The predicted molar refractivity (Wildman–Crippen MR) is 68.8 cm³/mol. The summed E-state index contributed by atoms with van der Waals surface area (Å²) >= 11 is 3.41. The molecular formula is C11H14BrN3O. The van der Waals surface area contributed by atoms with Gasteiger partial charge in [-0.25, -0.2) is 4.99 Å². The van der Waals surface area contributed by atoms with Gasteiger partial charge < -0.3 is 15.4 Å². The van der Waals surface area contributed by atoms with Crippen molar-refractivity contribution in [2.75, 3.05) is 25.1 Å². The van der Waals surface area contributed by atoms with Gasteiger partial charge in [0.15, 0.2) is 0 Å². The quantitative estimate of drug-likeness (QED) is 0.917. The van der Waals surface area contributed by atoms with Gasteiger partial charge in [-0.3, -0.25) is 0 Å². The largest absolute Gasteiger partial charge is 0.463 e. The van der Waals surface area contributed by atoms with Crippen LogP contribution in [0.15, 0.2) is 33.7 Å². The van der Waals surface area contributed by atoms with Gasteiger partial charge in [-0.1, -0.05) is 15.9 Å². The van der Waals surface area contributed by atoms with Crippen molar-refractivity contribution in [3.8, 4) is 0 Å². The number of hydrogen-bond acceptors (Lipinski definition) is 4. The first-order chi connectivity index (χ1) is 7.65. The molecule has 5 heteroatoms. The van der Waals surface area contributed by atoms with Gasteiger partial charge in [0.05, 0.1) is 0 Å². The first-order valence-corrected chi connectivity index (χ1v) is 5.87. The van der Waals surface area contributed by atoms with E-state index < -0.39 is 0 Å². The number of amidine groups is 1. The Kier molecular flexibility index (Phi) is 3.33. The second kappa shape index (κ2) is 4.74. The molecule has 0 bridgehead atoms. The molecule has 0 fully saturated rings. The van der Waals surface area contributed by atoms with E-state index in [0.29, 0.717) is 12.6 Å². The minimum Gasteiger partial charge on any atom is -0.463 e. The van der Waals surface area contributed by atoms with Crippen LogP contribution in [0.5, 0.6) is 0 Å². The fraction of sp³-hybridized carbons (Fsp3) is 0.364. The SMILES string of the molecule is CN(C[C@H]1COC(N)=N1)c1ccc(Br)cc1. The number of rotatable bonds is 3. The number of aliphatic imine (C=N–C) groups is 1. The fourth-order valence-electron chi connectivity index (χ4n) is 1.65. The minimum absolute atomic E-state index is 0.133. The molecule has 2 N–H and O–H groups in total. The Morgan fingerprint density at radius 3 is 2.75 bits per heavy atom. The van der Waals surface area contributed by atoms with Crippen LogP contribution in [0.4, 0.5) is 5.69 Å². The van der Waals surface area contributed by atoms with E-state index in [-0.39, 0.29) is 6.04 Å². The summed E-state index contributed by atoms with van der Waals surface area (Å²) in [6, 6.07) is 8.60. The van der Waals surface area contributed by atoms with Crippen LogP contribution in [0.3, 0.4) is 0 Å². The van der Waals surface area contributed by atoms with Gasteiger partial charge in [-0.05, 0) is 24.3 Å². The Hall–Kier alpha value is -1.23.